The number of hydrogen-bond acceptors (Lipinski definition) is 7. The second kappa shape index (κ2) is 40.1. The van der Waals surface area contributed by atoms with Gasteiger partial charge < -0.3 is 18.9 Å². The maximum atomic E-state index is 12.7. The van der Waals surface area contributed by atoms with E-state index in [4.69, 9.17) is 18.5 Å². The quantitative estimate of drug-likeness (QED) is 0.0162. The lowest BCUT2D eigenvalue weighted by Gasteiger charge is -2.24. The van der Waals surface area contributed by atoms with Crippen LogP contribution in [0.3, 0.4) is 0 Å². The normalized spacial score (nSPS) is 14.1. The SMILES string of the molecule is CC/C=C/C=C/C=C/C=C/CCCCCC(=O)OC(COC(=O)CCCCCCCCC/C=C/CCCCCCCCCCCC)COP(=O)(O)OCC[N+](C)(C)C. The first-order valence-corrected chi connectivity index (χ1v) is 24.6. The van der Waals surface area contributed by atoms with E-state index in [1.165, 1.54) is 89.9 Å². The molecule has 0 fully saturated rings. The minimum atomic E-state index is -4.39. The average Bonchev–Trinajstić information content (AvgIpc) is 3.17. The van der Waals surface area contributed by atoms with Gasteiger partial charge in [0, 0.05) is 12.8 Å². The van der Waals surface area contributed by atoms with E-state index in [-0.39, 0.29) is 32.0 Å². The number of quaternary nitrogens is 1. The Morgan fingerprint density at radius 1 is 0.552 bits per heavy atom. The Kier molecular flexibility index (Phi) is 38.5. The van der Waals surface area contributed by atoms with E-state index in [1.54, 1.807) is 0 Å². The number of esters is 2. The maximum absolute atomic E-state index is 12.7. The van der Waals surface area contributed by atoms with Crippen molar-refractivity contribution in [2.24, 2.45) is 0 Å². The van der Waals surface area contributed by atoms with Crippen molar-refractivity contribution >= 4 is 19.8 Å². The molecule has 0 bridgehead atoms. The Morgan fingerprint density at radius 3 is 1.53 bits per heavy atom. The second-order valence-electron chi connectivity index (χ2n) is 16.5. The Morgan fingerprint density at radius 2 is 1.00 bits per heavy atom. The van der Waals surface area contributed by atoms with Crippen LogP contribution in [0.5, 0.6) is 0 Å². The number of likely N-dealkylation sites (N-methyl/N-ethyl adjacent to an activating group) is 1. The fourth-order valence-corrected chi connectivity index (χ4v) is 6.76. The van der Waals surface area contributed by atoms with Gasteiger partial charge in [-0.05, 0) is 57.8 Å². The van der Waals surface area contributed by atoms with Crippen LogP contribution in [0.15, 0.2) is 60.8 Å². The summed E-state index contributed by atoms with van der Waals surface area (Å²) in [4.78, 5) is 35.4. The first kappa shape index (κ1) is 55.7. The van der Waals surface area contributed by atoms with Crippen LogP contribution in [0.2, 0.25) is 0 Å². The lowest BCUT2D eigenvalue weighted by molar-refractivity contribution is -0.870. The largest absolute Gasteiger partial charge is 0.472 e. The Labute approximate surface area is 356 Å². The molecule has 0 heterocycles. The van der Waals surface area contributed by atoms with Crippen LogP contribution in [0.25, 0.3) is 0 Å². The highest BCUT2D eigenvalue weighted by atomic mass is 31.2. The minimum absolute atomic E-state index is 0.0206. The van der Waals surface area contributed by atoms with Gasteiger partial charge >= 0.3 is 19.8 Å². The Bertz CT molecular complexity index is 1170. The fourth-order valence-electron chi connectivity index (χ4n) is 6.02. The number of hydrogen-bond donors (Lipinski definition) is 1. The zero-order valence-electron chi connectivity index (χ0n) is 37.8. The molecule has 0 aromatic carbocycles. The van der Waals surface area contributed by atoms with Crippen molar-refractivity contribution in [2.45, 2.75) is 187 Å². The smallest absolute Gasteiger partial charge is 0.462 e. The van der Waals surface area contributed by atoms with Gasteiger partial charge in [-0.15, -0.1) is 0 Å². The van der Waals surface area contributed by atoms with Crippen LogP contribution < -0.4 is 0 Å². The molecule has 0 aliphatic heterocycles. The number of carbonyl (C=O) groups is 2. The molecule has 0 aliphatic carbocycles. The number of allylic oxidation sites excluding steroid dienone is 10. The third-order valence-electron chi connectivity index (χ3n) is 9.63. The molecule has 336 valence electrons. The van der Waals surface area contributed by atoms with Crippen LogP contribution in [0.1, 0.15) is 181 Å². The molecular weight excluding hydrogens is 750 g/mol. The molecule has 0 saturated carbocycles. The van der Waals surface area contributed by atoms with E-state index in [1.807, 2.05) is 57.6 Å². The molecule has 2 atom stereocenters. The van der Waals surface area contributed by atoms with Crippen molar-refractivity contribution in [2.75, 3.05) is 47.5 Å². The molecule has 0 rings (SSSR count). The van der Waals surface area contributed by atoms with Crippen LogP contribution in [0.4, 0.5) is 0 Å². The highest BCUT2D eigenvalue weighted by molar-refractivity contribution is 7.47. The standard InChI is InChI=1S/C48H86NO8P/c1-6-8-10-12-14-16-18-20-21-22-23-24-25-26-27-29-30-32-34-36-38-40-47(50)54-44-46(45-56-58(52,53)55-43-42-49(3,4)5)57-48(51)41-39-37-35-33-31-28-19-17-15-13-11-9-7-2/h9,11,13,15,17,19,24-25,28,31,46H,6-8,10,12,14,16,18,20-23,26-27,29-30,32-45H2,1-5H3/p+1/b11-9+,15-13+,19-17+,25-24+,31-28+. The summed E-state index contributed by atoms with van der Waals surface area (Å²) in [5.74, 6) is -0.851. The van der Waals surface area contributed by atoms with E-state index in [0.29, 0.717) is 17.4 Å². The predicted molar refractivity (Wildman–Crippen MR) is 243 cm³/mol. The van der Waals surface area contributed by atoms with Crippen molar-refractivity contribution in [3.8, 4) is 0 Å². The van der Waals surface area contributed by atoms with Crippen LogP contribution in [0, 0.1) is 0 Å². The van der Waals surface area contributed by atoms with Gasteiger partial charge in [0.05, 0.1) is 27.7 Å². The fraction of sp³-hybridized carbons (Fsp3) is 0.750. The third-order valence-corrected chi connectivity index (χ3v) is 10.6. The number of phosphoric acid groups is 1. The summed E-state index contributed by atoms with van der Waals surface area (Å²) in [5, 5.41) is 0. The molecule has 0 saturated heterocycles. The summed E-state index contributed by atoms with van der Waals surface area (Å²) >= 11 is 0. The Balaban J connectivity index is 4.32. The molecule has 9 nitrogen and oxygen atoms in total. The van der Waals surface area contributed by atoms with E-state index in [2.05, 4.69) is 38.2 Å². The minimum Gasteiger partial charge on any atom is -0.462 e. The molecule has 58 heavy (non-hydrogen) atoms. The first-order chi connectivity index (χ1) is 28.0. The van der Waals surface area contributed by atoms with E-state index in [9.17, 15) is 19.0 Å². The van der Waals surface area contributed by atoms with Gasteiger partial charge in [0.1, 0.15) is 19.8 Å². The number of rotatable bonds is 41. The first-order valence-electron chi connectivity index (χ1n) is 23.1. The van der Waals surface area contributed by atoms with Gasteiger partial charge in [-0.2, -0.15) is 0 Å². The van der Waals surface area contributed by atoms with Gasteiger partial charge in [0.25, 0.3) is 0 Å². The van der Waals surface area contributed by atoms with Gasteiger partial charge in [0.15, 0.2) is 6.10 Å². The van der Waals surface area contributed by atoms with E-state index < -0.39 is 26.5 Å². The topological polar surface area (TPSA) is 108 Å². The molecule has 2 unspecified atom stereocenters. The molecular formula is C48H87NO8P+. The third kappa shape index (κ3) is 43.3. The summed E-state index contributed by atoms with van der Waals surface area (Å²) in [6, 6.07) is 0. The number of ether oxygens (including phenoxy) is 2. The Hall–Kier alpha value is -2.29. The summed E-state index contributed by atoms with van der Waals surface area (Å²) < 4.78 is 34.3. The van der Waals surface area contributed by atoms with Crippen molar-refractivity contribution in [1.82, 2.24) is 0 Å². The molecule has 0 radical (unpaired) electrons. The van der Waals surface area contributed by atoms with Crippen molar-refractivity contribution in [1.29, 1.82) is 0 Å². The monoisotopic (exact) mass is 837 g/mol. The molecule has 0 amide bonds. The number of phosphoric ester groups is 1. The highest BCUT2D eigenvalue weighted by Gasteiger charge is 2.27. The van der Waals surface area contributed by atoms with Gasteiger partial charge in [0.2, 0.25) is 0 Å². The second-order valence-corrected chi connectivity index (χ2v) is 17.9. The summed E-state index contributed by atoms with van der Waals surface area (Å²) in [6.07, 6.45) is 48.5. The summed E-state index contributed by atoms with van der Waals surface area (Å²) in [7, 11) is 1.44. The molecule has 0 aliphatic rings. The van der Waals surface area contributed by atoms with Gasteiger partial charge in [-0.3, -0.25) is 18.6 Å². The summed E-state index contributed by atoms with van der Waals surface area (Å²) in [6.45, 7) is 4.23. The molecule has 1 N–H and O–H groups in total. The van der Waals surface area contributed by atoms with Crippen molar-refractivity contribution < 1.29 is 42.1 Å². The molecule has 0 aromatic heterocycles. The maximum Gasteiger partial charge on any atom is 0.472 e. The van der Waals surface area contributed by atoms with Gasteiger partial charge in [-0.1, -0.05) is 171 Å². The average molecular weight is 837 g/mol. The number of unbranched alkanes of at least 4 members (excludes halogenated alkanes) is 20. The van der Waals surface area contributed by atoms with Crippen LogP contribution >= 0.6 is 7.82 Å². The molecule has 0 aromatic rings. The van der Waals surface area contributed by atoms with Crippen molar-refractivity contribution in [3.63, 3.8) is 0 Å². The predicted octanol–water partition coefficient (Wildman–Crippen LogP) is 13.2. The van der Waals surface area contributed by atoms with E-state index in [0.717, 1.165) is 57.8 Å². The zero-order valence-corrected chi connectivity index (χ0v) is 38.7. The molecule has 10 heteroatoms. The van der Waals surface area contributed by atoms with E-state index >= 15 is 0 Å². The van der Waals surface area contributed by atoms with Crippen LogP contribution in [-0.4, -0.2) is 74.9 Å². The molecule has 0 spiro atoms. The number of nitrogens with zero attached hydrogens (tertiary/aromatic N) is 1. The van der Waals surface area contributed by atoms with Gasteiger partial charge in [-0.25, -0.2) is 4.57 Å². The lowest BCUT2D eigenvalue weighted by Crippen LogP contribution is -2.37. The van der Waals surface area contributed by atoms with Crippen molar-refractivity contribution in [3.05, 3.63) is 60.8 Å². The lowest BCUT2D eigenvalue weighted by atomic mass is 10.1. The summed E-state index contributed by atoms with van der Waals surface area (Å²) in [5.41, 5.74) is 0. The van der Waals surface area contributed by atoms with Crippen LogP contribution in [-0.2, 0) is 32.7 Å². The number of carbonyl (C=O) groups excluding carboxylic acids is 2. The highest BCUT2D eigenvalue weighted by Crippen LogP contribution is 2.43. The zero-order chi connectivity index (χ0) is 42.8.